The van der Waals surface area contributed by atoms with Crippen LogP contribution in [0, 0.1) is 12.8 Å². The predicted octanol–water partition coefficient (Wildman–Crippen LogP) is 2.61. The molecule has 2 aromatic rings. The second kappa shape index (κ2) is 7.88. The lowest BCUT2D eigenvalue weighted by atomic mass is 9.93. The summed E-state index contributed by atoms with van der Waals surface area (Å²) in [6.07, 6.45) is 3.62. The summed E-state index contributed by atoms with van der Waals surface area (Å²) < 4.78 is 0. The van der Waals surface area contributed by atoms with Gasteiger partial charge in [0.05, 0.1) is 12.0 Å². The fourth-order valence-corrected chi connectivity index (χ4v) is 3.74. The molecule has 6 heteroatoms. The first-order valence-corrected chi connectivity index (χ1v) is 9.07. The van der Waals surface area contributed by atoms with Gasteiger partial charge in [-0.3, -0.25) is 14.6 Å². The average Bonchev–Trinajstić information content (AvgIpc) is 2.90. The minimum atomic E-state index is -0.440. The SMILES string of the molecule is Cc1cc(CN(C)C)cc(NC(=O)[C@@H]2CC(=O)N(C)[C@@H]2c2cccnc2)c1. The lowest BCUT2D eigenvalue weighted by molar-refractivity contribution is -0.127. The zero-order valence-corrected chi connectivity index (χ0v) is 16.3. The molecule has 1 aliphatic rings. The third kappa shape index (κ3) is 4.34. The number of hydrogen-bond acceptors (Lipinski definition) is 4. The van der Waals surface area contributed by atoms with Crippen molar-refractivity contribution in [1.82, 2.24) is 14.8 Å². The number of carbonyl (C=O) groups excluding carboxylic acids is 2. The maximum absolute atomic E-state index is 13.0. The van der Waals surface area contributed by atoms with Crippen LogP contribution in [-0.4, -0.2) is 47.7 Å². The Kier molecular flexibility index (Phi) is 5.56. The van der Waals surface area contributed by atoms with Gasteiger partial charge >= 0.3 is 0 Å². The zero-order chi connectivity index (χ0) is 19.6. The number of pyridine rings is 1. The van der Waals surface area contributed by atoms with Gasteiger partial charge in [0.15, 0.2) is 0 Å². The molecule has 0 spiro atoms. The van der Waals surface area contributed by atoms with E-state index in [0.29, 0.717) is 0 Å². The van der Waals surface area contributed by atoms with Gasteiger partial charge < -0.3 is 15.1 Å². The molecule has 0 aliphatic carbocycles. The van der Waals surface area contributed by atoms with Crippen molar-refractivity contribution in [3.63, 3.8) is 0 Å². The Bertz CT molecular complexity index is 835. The molecule has 2 amide bonds. The molecule has 1 aliphatic heterocycles. The summed E-state index contributed by atoms with van der Waals surface area (Å²) in [5.74, 6) is -0.603. The van der Waals surface area contributed by atoms with Crippen molar-refractivity contribution in [3.8, 4) is 0 Å². The van der Waals surface area contributed by atoms with Gasteiger partial charge in [0.2, 0.25) is 11.8 Å². The standard InChI is InChI=1S/C21H26N4O2/c1-14-8-15(13-24(2)3)10-17(9-14)23-21(27)18-11-19(26)25(4)20(18)16-6-5-7-22-12-16/h5-10,12,18,20H,11,13H2,1-4H3,(H,23,27)/t18-,20-/m1/s1. The summed E-state index contributed by atoms with van der Waals surface area (Å²) in [6.45, 7) is 2.81. The van der Waals surface area contributed by atoms with Crippen molar-refractivity contribution in [1.29, 1.82) is 0 Å². The number of benzene rings is 1. The third-order valence-electron chi connectivity index (χ3n) is 4.85. The molecule has 0 radical (unpaired) electrons. The molecule has 0 bridgehead atoms. The van der Waals surface area contributed by atoms with E-state index < -0.39 is 5.92 Å². The second-order valence-electron chi connectivity index (χ2n) is 7.48. The van der Waals surface area contributed by atoms with Gasteiger partial charge in [-0.2, -0.15) is 0 Å². The topological polar surface area (TPSA) is 65.5 Å². The highest BCUT2D eigenvalue weighted by Crippen LogP contribution is 2.37. The van der Waals surface area contributed by atoms with Crippen LogP contribution in [0.1, 0.15) is 29.2 Å². The van der Waals surface area contributed by atoms with Gasteiger partial charge in [-0.1, -0.05) is 12.1 Å². The minimum absolute atomic E-state index is 0.0263. The molecule has 2 atom stereocenters. The Labute approximate surface area is 160 Å². The lowest BCUT2D eigenvalue weighted by Gasteiger charge is -2.24. The fraction of sp³-hybridized carbons (Fsp3) is 0.381. The Morgan fingerprint density at radius 1 is 1.33 bits per heavy atom. The van der Waals surface area contributed by atoms with Crippen molar-refractivity contribution in [2.24, 2.45) is 5.92 Å². The number of aromatic nitrogens is 1. The Balaban J connectivity index is 1.82. The van der Waals surface area contributed by atoms with Crippen molar-refractivity contribution >= 4 is 17.5 Å². The van der Waals surface area contributed by atoms with Crippen LogP contribution in [0.2, 0.25) is 0 Å². The van der Waals surface area contributed by atoms with Crippen molar-refractivity contribution in [2.45, 2.75) is 25.9 Å². The van der Waals surface area contributed by atoms with Gasteiger partial charge in [-0.25, -0.2) is 0 Å². The molecule has 1 fully saturated rings. The van der Waals surface area contributed by atoms with Gasteiger partial charge in [0.25, 0.3) is 0 Å². The van der Waals surface area contributed by atoms with Crippen molar-refractivity contribution < 1.29 is 9.59 Å². The largest absolute Gasteiger partial charge is 0.338 e. The van der Waals surface area contributed by atoms with Crippen LogP contribution < -0.4 is 5.32 Å². The second-order valence-corrected chi connectivity index (χ2v) is 7.48. The van der Waals surface area contributed by atoms with Crippen LogP contribution in [-0.2, 0) is 16.1 Å². The number of carbonyl (C=O) groups is 2. The quantitative estimate of drug-likeness (QED) is 0.883. The number of likely N-dealkylation sites (tertiary alicyclic amines) is 1. The highest BCUT2D eigenvalue weighted by atomic mass is 16.2. The lowest BCUT2D eigenvalue weighted by Crippen LogP contribution is -2.30. The fourth-order valence-electron chi connectivity index (χ4n) is 3.74. The molecule has 142 valence electrons. The molecular formula is C21H26N4O2. The van der Waals surface area contributed by atoms with Crippen LogP contribution >= 0.6 is 0 Å². The molecule has 3 rings (SSSR count). The summed E-state index contributed by atoms with van der Waals surface area (Å²) >= 11 is 0. The summed E-state index contributed by atoms with van der Waals surface area (Å²) in [5, 5.41) is 3.02. The monoisotopic (exact) mass is 366 g/mol. The molecule has 6 nitrogen and oxygen atoms in total. The van der Waals surface area contributed by atoms with Gasteiger partial charge in [-0.15, -0.1) is 0 Å². The van der Waals surface area contributed by atoms with Gasteiger partial charge in [0, 0.05) is 38.1 Å². The van der Waals surface area contributed by atoms with Gasteiger partial charge in [-0.05, 0) is 55.9 Å². The van der Waals surface area contributed by atoms with E-state index in [1.165, 1.54) is 0 Å². The molecule has 2 heterocycles. The normalized spacial score (nSPS) is 19.6. The molecule has 1 saturated heterocycles. The van der Waals surface area contributed by atoms with Crippen LogP contribution in [0.5, 0.6) is 0 Å². The average molecular weight is 366 g/mol. The molecule has 0 saturated carbocycles. The van der Waals surface area contributed by atoms with Crippen LogP contribution in [0.4, 0.5) is 5.69 Å². The van der Waals surface area contributed by atoms with E-state index in [9.17, 15) is 9.59 Å². The highest BCUT2D eigenvalue weighted by molar-refractivity contribution is 5.98. The Morgan fingerprint density at radius 2 is 2.11 bits per heavy atom. The summed E-state index contributed by atoms with van der Waals surface area (Å²) in [4.78, 5) is 33.2. The molecule has 0 unspecified atom stereocenters. The smallest absolute Gasteiger partial charge is 0.230 e. The number of rotatable bonds is 5. The highest BCUT2D eigenvalue weighted by Gasteiger charge is 2.42. The van der Waals surface area contributed by atoms with E-state index in [1.807, 2.05) is 45.3 Å². The number of aryl methyl sites for hydroxylation is 1. The zero-order valence-electron chi connectivity index (χ0n) is 16.3. The molecular weight excluding hydrogens is 340 g/mol. The first kappa shape index (κ1) is 19.0. The maximum Gasteiger partial charge on any atom is 0.230 e. The first-order chi connectivity index (χ1) is 12.8. The molecule has 1 aromatic carbocycles. The van der Waals surface area contributed by atoms with Crippen molar-refractivity contribution in [3.05, 3.63) is 59.4 Å². The summed E-state index contributed by atoms with van der Waals surface area (Å²) in [7, 11) is 5.77. The predicted molar refractivity (Wildman–Crippen MR) is 105 cm³/mol. The van der Waals surface area contributed by atoms with E-state index in [-0.39, 0.29) is 24.3 Å². The Morgan fingerprint density at radius 3 is 2.78 bits per heavy atom. The number of nitrogens with one attached hydrogen (secondary N) is 1. The van der Waals surface area contributed by atoms with Crippen LogP contribution in [0.15, 0.2) is 42.7 Å². The van der Waals surface area contributed by atoms with E-state index in [0.717, 1.165) is 28.9 Å². The Hall–Kier alpha value is -2.73. The molecule has 1 N–H and O–H groups in total. The van der Waals surface area contributed by atoms with E-state index in [1.54, 1.807) is 24.3 Å². The van der Waals surface area contributed by atoms with E-state index in [4.69, 9.17) is 0 Å². The molecule has 27 heavy (non-hydrogen) atoms. The van der Waals surface area contributed by atoms with E-state index >= 15 is 0 Å². The minimum Gasteiger partial charge on any atom is -0.338 e. The van der Waals surface area contributed by atoms with Crippen LogP contribution in [0.3, 0.4) is 0 Å². The number of anilines is 1. The summed E-state index contributed by atoms with van der Waals surface area (Å²) in [5.41, 5.74) is 3.87. The third-order valence-corrected chi connectivity index (χ3v) is 4.85. The molecule has 1 aromatic heterocycles. The van der Waals surface area contributed by atoms with Crippen molar-refractivity contribution in [2.75, 3.05) is 26.5 Å². The number of amides is 2. The number of nitrogens with zero attached hydrogens (tertiary/aromatic N) is 3. The number of hydrogen-bond donors (Lipinski definition) is 1. The van der Waals surface area contributed by atoms with Gasteiger partial charge in [0.1, 0.15) is 0 Å². The van der Waals surface area contributed by atoms with Crippen LogP contribution in [0.25, 0.3) is 0 Å². The summed E-state index contributed by atoms with van der Waals surface area (Å²) in [6, 6.07) is 9.50. The van der Waals surface area contributed by atoms with E-state index in [2.05, 4.69) is 21.3 Å². The maximum atomic E-state index is 13.0. The first-order valence-electron chi connectivity index (χ1n) is 9.07.